The quantitative estimate of drug-likeness (QED) is 0.742. The smallest absolute Gasteiger partial charge is 0.115 e. The fourth-order valence-electron chi connectivity index (χ4n) is 7.68. The Morgan fingerprint density at radius 3 is 2.19 bits per heavy atom. The molecule has 0 amide bonds. The van der Waals surface area contributed by atoms with E-state index in [0.717, 1.165) is 30.7 Å². The molecule has 140 valence electrons. The minimum Gasteiger partial charge on any atom is -0.508 e. The van der Waals surface area contributed by atoms with Gasteiger partial charge in [0.05, 0.1) is 6.04 Å². The van der Waals surface area contributed by atoms with Gasteiger partial charge in [-0.15, -0.1) is 0 Å². The van der Waals surface area contributed by atoms with Gasteiger partial charge in [0.1, 0.15) is 5.75 Å². The molecule has 4 bridgehead atoms. The number of hydrogen-bond donors (Lipinski definition) is 1. The van der Waals surface area contributed by atoms with Crippen LogP contribution >= 0.6 is 0 Å². The number of phenols is 1. The van der Waals surface area contributed by atoms with E-state index in [1.54, 1.807) is 0 Å². The maximum Gasteiger partial charge on any atom is 0.115 e. The molecule has 2 heteroatoms. The molecule has 1 aliphatic heterocycles. The number of hydrogen-bond acceptors (Lipinski definition) is 2. The Labute approximate surface area is 162 Å². The van der Waals surface area contributed by atoms with Crippen LogP contribution in [0.25, 0.3) is 0 Å². The molecule has 2 aromatic carbocycles. The number of benzene rings is 2. The van der Waals surface area contributed by atoms with E-state index in [1.807, 2.05) is 12.1 Å². The molecule has 1 heterocycles. The van der Waals surface area contributed by atoms with Gasteiger partial charge in [-0.05, 0) is 104 Å². The summed E-state index contributed by atoms with van der Waals surface area (Å²) >= 11 is 0. The summed E-state index contributed by atoms with van der Waals surface area (Å²) in [4.78, 5) is 2.71. The zero-order valence-corrected chi connectivity index (χ0v) is 16.0. The van der Waals surface area contributed by atoms with E-state index < -0.39 is 0 Å². The molecule has 2 aromatic rings. The third kappa shape index (κ3) is 2.45. The van der Waals surface area contributed by atoms with E-state index in [9.17, 15) is 5.11 Å². The molecule has 0 spiro atoms. The molecule has 2 nitrogen and oxygen atoms in total. The molecule has 5 aliphatic rings. The lowest BCUT2D eigenvalue weighted by Crippen LogP contribution is -2.54. The molecule has 7 rings (SSSR count). The van der Waals surface area contributed by atoms with E-state index in [2.05, 4.69) is 41.3 Å². The van der Waals surface area contributed by atoms with Crippen LogP contribution in [0.2, 0.25) is 0 Å². The standard InChI is InChI=1S/C25H29NO/c27-22-6-7-23-20(13-22)8-9-26(21-4-2-1-3-5-21)24(23)25-14-17-10-18(15-25)12-19(11-17)16-25/h1-7,13,17-19,24,27H,8-12,14-16H2. The van der Waals surface area contributed by atoms with E-state index in [1.165, 1.54) is 55.3 Å². The highest BCUT2D eigenvalue weighted by Crippen LogP contribution is 2.66. The van der Waals surface area contributed by atoms with E-state index in [4.69, 9.17) is 0 Å². The number of rotatable bonds is 2. The molecule has 4 saturated carbocycles. The molecule has 1 N–H and O–H groups in total. The van der Waals surface area contributed by atoms with Gasteiger partial charge in [-0.3, -0.25) is 0 Å². The summed E-state index contributed by atoms with van der Waals surface area (Å²) in [6.07, 6.45) is 9.72. The number of anilines is 1. The van der Waals surface area contributed by atoms with Crippen molar-refractivity contribution in [2.45, 2.75) is 51.0 Å². The SMILES string of the molecule is Oc1ccc2c(c1)CCN(c1ccccc1)C2C12CC3CC(CC(C3)C1)C2. The number of phenolic OH excluding ortho intramolecular Hbond substituents is 1. The topological polar surface area (TPSA) is 23.5 Å². The predicted molar refractivity (Wildman–Crippen MR) is 109 cm³/mol. The fraction of sp³-hybridized carbons (Fsp3) is 0.520. The lowest BCUT2D eigenvalue weighted by molar-refractivity contribution is -0.0700. The molecule has 0 radical (unpaired) electrons. The Kier molecular flexibility index (Phi) is 3.43. The van der Waals surface area contributed by atoms with Gasteiger partial charge in [0.2, 0.25) is 0 Å². The maximum atomic E-state index is 10.1. The number of para-hydroxylation sites is 1. The predicted octanol–water partition coefficient (Wildman–Crippen LogP) is 5.71. The number of nitrogens with zero attached hydrogens (tertiary/aromatic N) is 1. The third-order valence-electron chi connectivity index (χ3n) is 8.11. The van der Waals surface area contributed by atoms with Crippen LogP contribution in [0.1, 0.15) is 55.7 Å². The van der Waals surface area contributed by atoms with E-state index in [0.29, 0.717) is 17.2 Å². The summed E-state index contributed by atoms with van der Waals surface area (Å²) < 4.78 is 0. The first kappa shape index (κ1) is 16.0. The maximum absolute atomic E-state index is 10.1. The monoisotopic (exact) mass is 359 g/mol. The highest BCUT2D eigenvalue weighted by Gasteiger charge is 2.56. The van der Waals surface area contributed by atoms with Crippen molar-refractivity contribution in [3.8, 4) is 5.75 Å². The molecular formula is C25H29NO. The molecule has 27 heavy (non-hydrogen) atoms. The Balaban J connectivity index is 1.50. The van der Waals surface area contributed by atoms with Crippen LogP contribution in [0.3, 0.4) is 0 Å². The summed E-state index contributed by atoms with van der Waals surface area (Å²) in [6, 6.07) is 17.7. The minimum absolute atomic E-state index is 0.422. The van der Waals surface area contributed by atoms with Crippen LogP contribution in [-0.2, 0) is 6.42 Å². The second kappa shape index (κ2) is 5.77. The van der Waals surface area contributed by atoms with Gasteiger partial charge in [-0.25, -0.2) is 0 Å². The Morgan fingerprint density at radius 1 is 0.852 bits per heavy atom. The van der Waals surface area contributed by atoms with Crippen molar-refractivity contribution >= 4 is 5.69 Å². The van der Waals surface area contributed by atoms with E-state index in [-0.39, 0.29) is 0 Å². The molecule has 4 aliphatic carbocycles. The largest absolute Gasteiger partial charge is 0.508 e. The van der Waals surface area contributed by atoms with Crippen molar-refractivity contribution in [2.75, 3.05) is 11.4 Å². The van der Waals surface area contributed by atoms with Gasteiger partial charge >= 0.3 is 0 Å². The van der Waals surface area contributed by atoms with Crippen molar-refractivity contribution in [3.05, 3.63) is 59.7 Å². The van der Waals surface area contributed by atoms with Crippen molar-refractivity contribution in [3.63, 3.8) is 0 Å². The van der Waals surface area contributed by atoms with Gasteiger partial charge in [0.25, 0.3) is 0 Å². The van der Waals surface area contributed by atoms with Crippen molar-refractivity contribution in [2.24, 2.45) is 23.2 Å². The van der Waals surface area contributed by atoms with Crippen LogP contribution in [0.4, 0.5) is 5.69 Å². The first-order valence-corrected chi connectivity index (χ1v) is 10.8. The molecular weight excluding hydrogens is 330 g/mol. The lowest BCUT2D eigenvalue weighted by Gasteiger charge is -2.62. The highest BCUT2D eigenvalue weighted by molar-refractivity contribution is 5.54. The summed E-state index contributed by atoms with van der Waals surface area (Å²) in [6.45, 7) is 1.06. The van der Waals surface area contributed by atoms with Crippen molar-refractivity contribution in [1.82, 2.24) is 0 Å². The summed E-state index contributed by atoms with van der Waals surface area (Å²) in [5, 5.41) is 10.1. The molecule has 1 unspecified atom stereocenters. The second-order valence-electron chi connectivity index (χ2n) is 9.84. The highest BCUT2D eigenvalue weighted by atomic mass is 16.3. The zero-order chi connectivity index (χ0) is 18.0. The van der Waals surface area contributed by atoms with Crippen LogP contribution in [0.5, 0.6) is 5.75 Å². The zero-order valence-electron chi connectivity index (χ0n) is 16.0. The summed E-state index contributed by atoms with van der Waals surface area (Å²) in [5.74, 6) is 3.29. The van der Waals surface area contributed by atoms with E-state index >= 15 is 0 Å². The molecule has 1 atom stereocenters. The second-order valence-corrected chi connectivity index (χ2v) is 9.84. The minimum atomic E-state index is 0.422. The van der Waals surface area contributed by atoms with Gasteiger partial charge < -0.3 is 10.0 Å². The van der Waals surface area contributed by atoms with Crippen LogP contribution in [0, 0.1) is 23.2 Å². The molecule has 4 fully saturated rings. The fourth-order valence-corrected chi connectivity index (χ4v) is 7.68. The summed E-state index contributed by atoms with van der Waals surface area (Å²) in [5.41, 5.74) is 4.67. The Hall–Kier alpha value is -1.96. The first-order valence-electron chi connectivity index (χ1n) is 10.8. The van der Waals surface area contributed by atoms with Crippen LogP contribution in [-0.4, -0.2) is 11.7 Å². The normalized spacial score (nSPS) is 36.7. The Bertz CT molecular complexity index is 823. The third-order valence-corrected chi connectivity index (χ3v) is 8.11. The van der Waals surface area contributed by atoms with Gasteiger partial charge in [-0.1, -0.05) is 24.3 Å². The number of aromatic hydroxyl groups is 1. The van der Waals surface area contributed by atoms with Gasteiger partial charge in [-0.2, -0.15) is 0 Å². The molecule has 0 saturated heterocycles. The van der Waals surface area contributed by atoms with Crippen LogP contribution < -0.4 is 4.90 Å². The Morgan fingerprint density at radius 2 is 1.52 bits per heavy atom. The number of fused-ring (bicyclic) bond motifs is 1. The van der Waals surface area contributed by atoms with Gasteiger partial charge in [0, 0.05) is 12.2 Å². The lowest BCUT2D eigenvalue weighted by atomic mass is 9.46. The average Bonchev–Trinajstić information content (AvgIpc) is 2.66. The average molecular weight is 360 g/mol. The van der Waals surface area contributed by atoms with Gasteiger partial charge in [0.15, 0.2) is 0 Å². The molecule has 0 aromatic heterocycles. The van der Waals surface area contributed by atoms with Crippen molar-refractivity contribution in [1.29, 1.82) is 0 Å². The van der Waals surface area contributed by atoms with Crippen LogP contribution in [0.15, 0.2) is 48.5 Å². The summed E-state index contributed by atoms with van der Waals surface area (Å²) in [7, 11) is 0. The van der Waals surface area contributed by atoms with Crippen molar-refractivity contribution < 1.29 is 5.11 Å². The first-order chi connectivity index (χ1) is 13.2.